The van der Waals surface area contributed by atoms with Gasteiger partial charge in [0.25, 0.3) is 0 Å². The molecule has 2 aromatic heterocycles. The van der Waals surface area contributed by atoms with Crippen molar-refractivity contribution in [3.8, 4) is 0 Å². The van der Waals surface area contributed by atoms with Crippen molar-refractivity contribution in [2.45, 2.75) is 24.3 Å². The number of fused-ring (bicyclic) bond motifs is 2. The Bertz CT molecular complexity index is 1290. The first-order chi connectivity index (χ1) is 14.8. The van der Waals surface area contributed by atoms with E-state index in [0.717, 1.165) is 47.5 Å². The Morgan fingerprint density at radius 1 is 1.23 bits per heavy atom. The number of rotatable bonds is 4. The standard InChI is InChI=1S/C21H23N5O4S/c1-31(29,30)16-2-3-18-15(10-16)5-9-26(18)20-17-6-8-24(19(17)22-13-23-20)11-14-4-7-25(12-14)21(27)28/h2-3,6,8,10,13-14H,4-5,7,9,11-12H2,1H3,(H,27,28)/t14-/m1/s1. The van der Waals surface area contributed by atoms with Crippen LogP contribution < -0.4 is 4.90 Å². The van der Waals surface area contributed by atoms with Gasteiger partial charge in [-0.3, -0.25) is 0 Å². The summed E-state index contributed by atoms with van der Waals surface area (Å²) >= 11 is 0. The molecule has 1 fully saturated rings. The van der Waals surface area contributed by atoms with E-state index in [9.17, 15) is 18.3 Å². The topological polar surface area (TPSA) is 109 Å². The summed E-state index contributed by atoms with van der Waals surface area (Å²) in [5.41, 5.74) is 2.78. The summed E-state index contributed by atoms with van der Waals surface area (Å²) in [6.07, 6.45) is 5.48. The monoisotopic (exact) mass is 441 g/mol. The molecule has 1 saturated heterocycles. The van der Waals surface area contributed by atoms with Crippen molar-refractivity contribution in [3.05, 3.63) is 42.4 Å². The number of carbonyl (C=O) groups is 1. The smallest absolute Gasteiger partial charge is 0.407 e. The molecule has 2 aliphatic rings. The van der Waals surface area contributed by atoms with E-state index < -0.39 is 15.9 Å². The number of benzene rings is 1. The van der Waals surface area contributed by atoms with Gasteiger partial charge in [0.05, 0.1) is 10.3 Å². The van der Waals surface area contributed by atoms with Crippen LogP contribution in [0, 0.1) is 5.92 Å². The molecule has 1 N–H and O–H groups in total. The molecule has 0 saturated carbocycles. The lowest BCUT2D eigenvalue weighted by molar-refractivity contribution is 0.153. The molecule has 9 nitrogen and oxygen atoms in total. The van der Waals surface area contributed by atoms with Crippen LogP contribution in [0.5, 0.6) is 0 Å². The summed E-state index contributed by atoms with van der Waals surface area (Å²) < 4.78 is 25.8. The van der Waals surface area contributed by atoms with Gasteiger partial charge < -0.3 is 19.5 Å². The van der Waals surface area contributed by atoms with Crippen LogP contribution in [0.4, 0.5) is 16.3 Å². The number of anilines is 2. The quantitative estimate of drug-likeness (QED) is 0.663. The maximum atomic E-state index is 11.9. The van der Waals surface area contributed by atoms with Crippen molar-refractivity contribution in [3.63, 3.8) is 0 Å². The molecule has 0 radical (unpaired) electrons. The molecule has 0 aliphatic carbocycles. The summed E-state index contributed by atoms with van der Waals surface area (Å²) in [5.74, 6) is 1.06. The third-order valence-electron chi connectivity index (χ3n) is 6.18. The molecule has 5 rings (SSSR count). The highest BCUT2D eigenvalue weighted by atomic mass is 32.2. The van der Waals surface area contributed by atoms with E-state index in [1.807, 2.05) is 18.3 Å². The minimum absolute atomic E-state index is 0.257. The van der Waals surface area contributed by atoms with Crippen LogP contribution in [0.25, 0.3) is 11.0 Å². The van der Waals surface area contributed by atoms with Gasteiger partial charge in [0.2, 0.25) is 0 Å². The van der Waals surface area contributed by atoms with E-state index in [4.69, 9.17) is 0 Å². The molecule has 0 unspecified atom stereocenters. The predicted octanol–water partition coefficient (Wildman–Crippen LogP) is 2.53. The van der Waals surface area contributed by atoms with E-state index >= 15 is 0 Å². The van der Waals surface area contributed by atoms with E-state index in [2.05, 4.69) is 19.4 Å². The van der Waals surface area contributed by atoms with Gasteiger partial charge in [-0.15, -0.1) is 0 Å². The highest BCUT2D eigenvalue weighted by molar-refractivity contribution is 7.90. The zero-order valence-electron chi connectivity index (χ0n) is 17.1. The Kier molecular flexibility index (Phi) is 4.62. The van der Waals surface area contributed by atoms with Crippen LogP contribution in [0.15, 0.2) is 41.7 Å². The SMILES string of the molecule is CS(=O)(=O)c1ccc2c(c1)CCN2c1ncnc2c1ccn2C[C@H]1CCN(C(=O)O)C1. The molecule has 162 valence electrons. The van der Waals surface area contributed by atoms with Crippen molar-refractivity contribution in [1.82, 2.24) is 19.4 Å². The zero-order valence-corrected chi connectivity index (χ0v) is 17.9. The fourth-order valence-electron chi connectivity index (χ4n) is 4.62. The molecule has 0 bridgehead atoms. The molecule has 0 spiro atoms. The second-order valence-electron chi connectivity index (χ2n) is 8.25. The fraction of sp³-hybridized carbons (Fsp3) is 0.381. The Balaban J connectivity index is 1.45. The number of carboxylic acid groups (broad SMARTS) is 1. The highest BCUT2D eigenvalue weighted by Gasteiger charge is 2.28. The van der Waals surface area contributed by atoms with E-state index in [1.54, 1.807) is 18.5 Å². The molecular formula is C21H23N5O4S. The lowest BCUT2D eigenvalue weighted by Gasteiger charge is -2.19. The van der Waals surface area contributed by atoms with Crippen LogP contribution in [-0.4, -0.2) is 64.9 Å². The fourth-order valence-corrected chi connectivity index (χ4v) is 5.29. The first-order valence-corrected chi connectivity index (χ1v) is 12.1. The van der Waals surface area contributed by atoms with Gasteiger partial charge in [-0.25, -0.2) is 23.2 Å². The predicted molar refractivity (Wildman–Crippen MR) is 115 cm³/mol. The van der Waals surface area contributed by atoms with Crippen molar-refractivity contribution in [2.75, 3.05) is 30.8 Å². The average Bonchev–Trinajstić information content (AvgIpc) is 3.45. The summed E-state index contributed by atoms with van der Waals surface area (Å²) in [6, 6.07) is 7.24. The summed E-state index contributed by atoms with van der Waals surface area (Å²) in [4.78, 5) is 24.1. The van der Waals surface area contributed by atoms with Crippen LogP contribution in [-0.2, 0) is 22.8 Å². The summed E-state index contributed by atoms with van der Waals surface area (Å²) in [5, 5.41) is 10.1. The van der Waals surface area contributed by atoms with Gasteiger partial charge in [0.1, 0.15) is 17.8 Å². The molecule has 31 heavy (non-hydrogen) atoms. The lowest BCUT2D eigenvalue weighted by atomic mass is 10.1. The largest absolute Gasteiger partial charge is 0.465 e. The number of amides is 1. The van der Waals surface area contributed by atoms with Crippen molar-refractivity contribution in [1.29, 1.82) is 0 Å². The van der Waals surface area contributed by atoms with Crippen molar-refractivity contribution in [2.24, 2.45) is 5.92 Å². The van der Waals surface area contributed by atoms with Gasteiger partial charge in [0, 0.05) is 44.3 Å². The van der Waals surface area contributed by atoms with Gasteiger partial charge in [-0.05, 0) is 48.6 Å². The van der Waals surface area contributed by atoms with Crippen molar-refractivity contribution < 1.29 is 18.3 Å². The third kappa shape index (κ3) is 3.50. The Labute approximate surface area is 179 Å². The molecule has 1 atom stereocenters. The Morgan fingerprint density at radius 3 is 2.81 bits per heavy atom. The molecule has 10 heteroatoms. The first kappa shape index (κ1) is 19.8. The van der Waals surface area contributed by atoms with E-state index in [1.165, 1.54) is 11.2 Å². The maximum absolute atomic E-state index is 11.9. The Morgan fingerprint density at radius 2 is 2.06 bits per heavy atom. The molecular weight excluding hydrogens is 418 g/mol. The number of likely N-dealkylation sites (tertiary alicyclic amines) is 1. The maximum Gasteiger partial charge on any atom is 0.407 e. The van der Waals surface area contributed by atoms with Crippen LogP contribution in [0.3, 0.4) is 0 Å². The lowest BCUT2D eigenvalue weighted by Crippen LogP contribution is -2.27. The van der Waals surface area contributed by atoms with Gasteiger partial charge in [-0.2, -0.15) is 0 Å². The van der Waals surface area contributed by atoms with E-state index in [-0.39, 0.29) is 5.92 Å². The van der Waals surface area contributed by atoms with Gasteiger partial charge >= 0.3 is 6.09 Å². The van der Waals surface area contributed by atoms with Gasteiger partial charge in [0.15, 0.2) is 9.84 Å². The van der Waals surface area contributed by atoms with Crippen molar-refractivity contribution >= 4 is 38.5 Å². The highest BCUT2D eigenvalue weighted by Crippen LogP contribution is 2.38. The van der Waals surface area contributed by atoms with Crippen LogP contribution in [0.2, 0.25) is 0 Å². The molecule has 1 aromatic carbocycles. The molecule has 4 heterocycles. The number of hydrogen-bond donors (Lipinski definition) is 1. The number of sulfone groups is 1. The molecule has 2 aliphatic heterocycles. The second kappa shape index (κ2) is 7.23. The first-order valence-electron chi connectivity index (χ1n) is 10.2. The second-order valence-corrected chi connectivity index (χ2v) is 10.3. The normalized spacial score (nSPS) is 18.7. The molecule has 3 aromatic rings. The number of hydrogen-bond acceptors (Lipinski definition) is 6. The average molecular weight is 442 g/mol. The van der Waals surface area contributed by atoms with Crippen LogP contribution in [0.1, 0.15) is 12.0 Å². The molecule has 1 amide bonds. The number of aromatic nitrogens is 3. The third-order valence-corrected chi connectivity index (χ3v) is 7.29. The number of nitrogens with zero attached hydrogens (tertiary/aromatic N) is 5. The minimum atomic E-state index is -3.25. The van der Waals surface area contributed by atoms with E-state index in [0.29, 0.717) is 24.5 Å². The van der Waals surface area contributed by atoms with Crippen LogP contribution >= 0.6 is 0 Å². The Hall–Kier alpha value is -3.14. The summed E-state index contributed by atoms with van der Waals surface area (Å²) in [6.45, 7) is 2.53. The minimum Gasteiger partial charge on any atom is -0.465 e. The van der Waals surface area contributed by atoms with Gasteiger partial charge in [-0.1, -0.05) is 0 Å². The zero-order chi connectivity index (χ0) is 21.8. The summed E-state index contributed by atoms with van der Waals surface area (Å²) in [7, 11) is -3.25.